The molecule has 1 aromatic heterocycles. The Labute approximate surface area is 216 Å². The number of anilines is 1. The van der Waals surface area contributed by atoms with Crippen molar-refractivity contribution in [1.82, 2.24) is 4.57 Å². The normalized spacial score (nSPS) is 11.6. The number of hydrogen-bond acceptors (Lipinski definition) is 4. The summed E-state index contributed by atoms with van der Waals surface area (Å²) in [5, 5.41) is 3.63. The maximum absolute atomic E-state index is 13.7. The zero-order valence-electron chi connectivity index (χ0n) is 23.2. The van der Waals surface area contributed by atoms with Crippen LogP contribution >= 0.6 is 0 Å². The molecule has 0 saturated carbocycles. The fourth-order valence-electron chi connectivity index (χ4n) is 4.04. The predicted molar refractivity (Wildman–Crippen MR) is 150 cm³/mol. The van der Waals surface area contributed by atoms with Crippen LogP contribution in [-0.2, 0) is 11.3 Å². The van der Waals surface area contributed by atoms with Gasteiger partial charge in [-0.05, 0) is 78.2 Å². The molecule has 2 rings (SSSR count). The predicted octanol–water partition coefficient (Wildman–Crippen LogP) is 7.40. The average molecular weight is 497 g/mol. The number of aryl methyl sites for hydroxylation is 1. The van der Waals surface area contributed by atoms with Crippen molar-refractivity contribution < 1.29 is 14.3 Å². The highest BCUT2D eigenvalue weighted by atomic mass is 16.5. The highest BCUT2D eigenvalue weighted by Gasteiger charge is 2.21. The van der Waals surface area contributed by atoms with Crippen molar-refractivity contribution in [2.24, 2.45) is 0 Å². The molecule has 0 bridgehead atoms. The molecular weight excluding hydrogens is 452 g/mol. The molecule has 2 aromatic rings. The number of amides is 1. The molecule has 0 spiro atoms. The summed E-state index contributed by atoms with van der Waals surface area (Å²) in [7, 11) is 0. The van der Waals surface area contributed by atoms with Crippen molar-refractivity contribution in [3.63, 3.8) is 0 Å². The Balaban J connectivity index is 2.52. The van der Waals surface area contributed by atoms with E-state index in [0.717, 1.165) is 49.4 Å². The Morgan fingerprint density at radius 1 is 1.06 bits per heavy atom. The van der Waals surface area contributed by atoms with Gasteiger partial charge in [0.2, 0.25) is 11.7 Å². The molecule has 0 fully saturated rings. The van der Waals surface area contributed by atoms with Gasteiger partial charge in [-0.3, -0.25) is 9.59 Å². The lowest BCUT2D eigenvalue weighted by atomic mass is 10.1. The van der Waals surface area contributed by atoms with Crippen molar-refractivity contribution in [3.8, 4) is 11.5 Å². The number of fused-ring (bicyclic) bond motifs is 1. The van der Waals surface area contributed by atoms with Crippen LogP contribution in [0.2, 0.25) is 0 Å². The maximum Gasteiger partial charge on any atom is 0.297 e. The van der Waals surface area contributed by atoms with Gasteiger partial charge >= 0.3 is 0 Å². The van der Waals surface area contributed by atoms with E-state index in [1.54, 1.807) is 4.57 Å². The van der Waals surface area contributed by atoms with Crippen LogP contribution in [0.25, 0.3) is 10.9 Å². The van der Waals surface area contributed by atoms with Gasteiger partial charge in [-0.2, -0.15) is 0 Å². The van der Waals surface area contributed by atoms with E-state index in [9.17, 15) is 9.59 Å². The van der Waals surface area contributed by atoms with Crippen LogP contribution in [0.5, 0.6) is 11.5 Å². The summed E-state index contributed by atoms with van der Waals surface area (Å²) in [5.74, 6) is 0.545. The summed E-state index contributed by atoms with van der Waals surface area (Å²) in [6.45, 7) is 14.7. The SMILES string of the molecule is CCCCCCn1c(=O)c(OC(C)C)c(OCC=C(C)CCC=C(C)C)c2ccc(NC(C)=O)cc21. The van der Waals surface area contributed by atoms with Crippen molar-refractivity contribution in [2.75, 3.05) is 11.9 Å². The van der Waals surface area contributed by atoms with Crippen molar-refractivity contribution in [1.29, 1.82) is 0 Å². The first-order valence-corrected chi connectivity index (χ1v) is 13.2. The third kappa shape index (κ3) is 8.89. The van der Waals surface area contributed by atoms with Crippen molar-refractivity contribution in [2.45, 2.75) is 99.6 Å². The summed E-state index contributed by atoms with van der Waals surface area (Å²) in [6, 6.07) is 5.59. The second-order valence-corrected chi connectivity index (χ2v) is 9.94. The van der Waals surface area contributed by atoms with Gasteiger partial charge < -0.3 is 19.4 Å². The van der Waals surface area contributed by atoms with E-state index in [2.05, 4.69) is 45.2 Å². The number of hydrogen-bond donors (Lipinski definition) is 1. The number of benzene rings is 1. The second-order valence-electron chi connectivity index (χ2n) is 9.94. The van der Waals surface area contributed by atoms with E-state index < -0.39 is 0 Å². The number of unbranched alkanes of at least 4 members (excludes halogenated alkanes) is 3. The molecule has 0 saturated heterocycles. The number of rotatable bonds is 14. The molecule has 6 nitrogen and oxygen atoms in total. The lowest BCUT2D eigenvalue weighted by Gasteiger charge is -2.20. The van der Waals surface area contributed by atoms with Crippen LogP contribution in [-0.4, -0.2) is 23.2 Å². The average Bonchev–Trinajstić information content (AvgIpc) is 2.79. The number of nitrogens with zero attached hydrogens (tertiary/aromatic N) is 1. The summed E-state index contributed by atoms with van der Waals surface area (Å²) < 4.78 is 14.0. The monoisotopic (exact) mass is 496 g/mol. The smallest absolute Gasteiger partial charge is 0.297 e. The summed E-state index contributed by atoms with van der Waals surface area (Å²) in [6.07, 6.45) is 10.3. The zero-order valence-corrected chi connectivity index (χ0v) is 23.2. The van der Waals surface area contributed by atoms with E-state index in [4.69, 9.17) is 9.47 Å². The minimum atomic E-state index is -0.202. The third-order valence-electron chi connectivity index (χ3n) is 5.84. The molecule has 0 radical (unpaired) electrons. The van der Waals surface area contributed by atoms with Gasteiger partial charge in [0.15, 0.2) is 5.75 Å². The Bertz CT molecular complexity index is 1140. The summed E-state index contributed by atoms with van der Waals surface area (Å²) >= 11 is 0. The molecule has 1 heterocycles. The number of ether oxygens (including phenoxy) is 2. The molecule has 1 amide bonds. The standard InChI is InChI=1S/C30H44N2O4/c1-8-9-10-11-18-32-27-20-25(31-24(7)33)15-16-26(27)28(29(30(32)34)36-22(4)5)35-19-17-23(6)14-12-13-21(2)3/h13,15-17,20,22H,8-12,14,18-19H2,1-7H3,(H,31,33). The molecule has 198 valence electrons. The number of nitrogens with one attached hydrogen (secondary N) is 1. The fraction of sp³-hybridized carbons (Fsp3) is 0.533. The summed E-state index contributed by atoms with van der Waals surface area (Å²) in [5.41, 5.74) is 3.73. The first-order valence-electron chi connectivity index (χ1n) is 13.2. The maximum atomic E-state index is 13.7. The number of pyridine rings is 1. The second kappa shape index (κ2) is 14.5. The lowest BCUT2D eigenvalue weighted by molar-refractivity contribution is -0.114. The molecule has 0 unspecified atom stereocenters. The van der Waals surface area contributed by atoms with Gasteiger partial charge in [-0.25, -0.2) is 0 Å². The first-order chi connectivity index (χ1) is 17.1. The van der Waals surface area contributed by atoms with Crippen LogP contribution in [0.15, 0.2) is 46.3 Å². The molecule has 0 atom stereocenters. The fourth-order valence-corrected chi connectivity index (χ4v) is 4.04. The van der Waals surface area contributed by atoms with Crippen LogP contribution in [0.4, 0.5) is 5.69 Å². The van der Waals surface area contributed by atoms with Gasteiger partial charge in [-0.1, -0.05) is 43.4 Å². The molecular formula is C30H44N2O4. The number of carbonyl (C=O) groups excluding carboxylic acids is 1. The van der Waals surface area contributed by atoms with Gasteiger partial charge in [0.25, 0.3) is 5.56 Å². The Morgan fingerprint density at radius 2 is 1.81 bits per heavy atom. The quantitative estimate of drug-likeness (QED) is 0.218. The molecule has 0 aliphatic carbocycles. The van der Waals surface area contributed by atoms with Crippen molar-refractivity contribution in [3.05, 3.63) is 51.9 Å². The van der Waals surface area contributed by atoms with E-state index in [0.29, 0.717) is 24.6 Å². The Kier molecular flexibility index (Phi) is 11.8. The van der Waals surface area contributed by atoms with E-state index >= 15 is 0 Å². The number of carbonyl (C=O) groups is 1. The highest BCUT2D eigenvalue weighted by Crippen LogP contribution is 2.35. The Hall–Kier alpha value is -3.02. The van der Waals surface area contributed by atoms with E-state index in [1.807, 2.05) is 32.0 Å². The van der Waals surface area contributed by atoms with Gasteiger partial charge in [0.1, 0.15) is 6.61 Å². The van der Waals surface area contributed by atoms with E-state index in [-0.39, 0.29) is 23.3 Å². The Morgan fingerprint density at radius 3 is 2.44 bits per heavy atom. The minimum absolute atomic E-state index is 0.156. The first kappa shape index (κ1) is 29.2. The molecule has 0 aliphatic rings. The lowest BCUT2D eigenvalue weighted by Crippen LogP contribution is -2.26. The number of aromatic nitrogens is 1. The topological polar surface area (TPSA) is 69.6 Å². The van der Waals surface area contributed by atoms with Gasteiger partial charge in [0.05, 0.1) is 11.6 Å². The van der Waals surface area contributed by atoms with Crippen molar-refractivity contribution >= 4 is 22.5 Å². The van der Waals surface area contributed by atoms with Crippen LogP contribution < -0.4 is 20.3 Å². The van der Waals surface area contributed by atoms with Crippen LogP contribution in [0, 0.1) is 0 Å². The largest absolute Gasteiger partial charge is 0.485 e. The third-order valence-corrected chi connectivity index (χ3v) is 5.84. The van der Waals surface area contributed by atoms with Crippen LogP contribution in [0.1, 0.15) is 87.0 Å². The molecule has 1 aromatic carbocycles. The molecule has 0 aliphatic heterocycles. The zero-order chi connectivity index (χ0) is 26.7. The van der Waals surface area contributed by atoms with E-state index in [1.165, 1.54) is 18.1 Å². The van der Waals surface area contributed by atoms with Gasteiger partial charge in [-0.15, -0.1) is 0 Å². The molecule has 1 N–H and O–H groups in total. The van der Waals surface area contributed by atoms with Gasteiger partial charge in [0, 0.05) is 24.5 Å². The highest BCUT2D eigenvalue weighted by molar-refractivity contribution is 5.94. The molecule has 6 heteroatoms. The summed E-state index contributed by atoms with van der Waals surface area (Å²) in [4.78, 5) is 25.4. The van der Waals surface area contributed by atoms with Crippen LogP contribution in [0.3, 0.4) is 0 Å². The molecule has 36 heavy (non-hydrogen) atoms. The minimum Gasteiger partial charge on any atom is -0.485 e. The number of allylic oxidation sites excluding steroid dienone is 3.